The number of rotatable bonds is 8. The zero-order valence-electron chi connectivity index (χ0n) is 15.4. The molecule has 0 spiro atoms. The number of piperidine rings is 1. The fourth-order valence-corrected chi connectivity index (χ4v) is 3.37. The van der Waals surface area contributed by atoms with Crippen molar-refractivity contribution in [1.29, 1.82) is 0 Å². The number of aliphatic hydroxyl groups is 1. The Morgan fingerprint density at radius 1 is 1.24 bits per heavy atom. The first-order valence-electron chi connectivity index (χ1n) is 9.37. The van der Waals surface area contributed by atoms with E-state index < -0.39 is 6.10 Å². The molecular weight excluding hydrogens is 319 g/mol. The fourth-order valence-electron chi connectivity index (χ4n) is 3.37. The quantitative estimate of drug-likeness (QED) is 0.757. The fraction of sp³-hybridized carbons (Fsp3) is 0.650. The number of halogens is 1. The van der Waals surface area contributed by atoms with Gasteiger partial charge in [0.1, 0.15) is 5.82 Å². The molecule has 1 heterocycles. The predicted octanol–water partition coefficient (Wildman–Crippen LogP) is 3.12. The summed E-state index contributed by atoms with van der Waals surface area (Å²) in [4.78, 5) is 14.4. The molecule has 2 rings (SSSR count). The van der Waals surface area contributed by atoms with Gasteiger partial charge in [-0.05, 0) is 61.9 Å². The van der Waals surface area contributed by atoms with Crippen LogP contribution in [-0.4, -0.2) is 42.1 Å². The van der Waals surface area contributed by atoms with Crippen molar-refractivity contribution in [2.45, 2.75) is 45.6 Å². The molecule has 1 aliphatic rings. The molecule has 1 amide bonds. The van der Waals surface area contributed by atoms with E-state index in [1.807, 2.05) is 0 Å². The second-order valence-corrected chi connectivity index (χ2v) is 7.49. The Morgan fingerprint density at radius 3 is 2.48 bits per heavy atom. The minimum Gasteiger partial charge on any atom is -0.387 e. The van der Waals surface area contributed by atoms with E-state index in [4.69, 9.17) is 0 Å². The highest BCUT2D eigenvalue weighted by Crippen LogP contribution is 2.20. The van der Waals surface area contributed by atoms with E-state index in [1.165, 1.54) is 12.1 Å². The Balaban J connectivity index is 1.91. The number of hydrogen-bond donors (Lipinski definition) is 2. The highest BCUT2D eigenvalue weighted by Gasteiger charge is 2.21. The first-order valence-corrected chi connectivity index (χ1v) is 9.37. The van der Waals surface area contributed by atoms with Crippen LogP contribution in [0.2, 0.25) is 0 Å². The van der Waals surface area contributed by atoms with Crippen LogP contribution in [0.4, 0.5) is 4.39 Å². The summed E-state index contributed by atoms with van der Waals surface area (Å²) in [6.07, 6.45) is 2.93. The molecule has 0 bridgehead atoms. The van der Waals surface area contributed by atoms with Crippen LogP contribution in [0.25, 0.3) is 0 Å². The molecule has 1 saturated heterocycles. The molecule has 1 fully saturated rings. The SMILES string of the molecule is CC(C)CN(CC(O)c1ccc(F)cc1)C(=O)CCC1CCNCC1. The Morgan fingerprint density at radius 2 is 1.88 bits per heavy atom. The van der Waals surface area contributed by atoms with E-state index in [0.717, 1.165) is 32.4 Å². The van der Waals surface area contributed by atoms with Crippen LogP contribution in [0.15, 0.2) is 24.3 Å². The standard InChI is InChI=1S/C20H31FN2O2/c1-15(2)13-23(14-19(24)17-4-6-18(21)7-5-17)20(25)8-3-16-9-11-22-12-10-16/h4-7,15-16,19,22,24H,3,8-14H2,1-2H3. The molecule has 4 nitrogen and oxygen atoms in total. The maximum absolute atomic E-state index is 13.0. The van der Waals surface area contributed by atoms with Crippen LogP contribution in [0.5, 0.6) is 0 Å². The van der Waals surface area contributed by atoms with Gasteiger partial charge in [-0.3, -0.25) is 4.79 Å². The molecule has 0 aromatic heterocycles. The van der Waals surface area contributed by atoms with Crippen molar-refractivity contribution in [2.24, 2.45) is 11.8 Å². The molecule has 5 heteroatoms. The molecule has 25 heavy (non-hydrogen) atoms. The van der Waals surface area contributed by atoms with Gasteiger partial charge in [0, 0.05) is 13.0 Å². The van der Waals surface area contributed by atoms with Gasteiger partial charge in [0.05, 0.1) is 12.6 Å². The van der Waals surface area contributed by atoms with Gasteiger partial charge in [-0.2, -0.15) is 0 Å². The number of amides is 1. The van der Waals surface area contributed by atoms with Gasteiger partial charge in [0.15, 0.2) is 0 Å². The molecule has 140 valence electrons. The molecule has 1 unspecified atom stereocenters. The van der Waals surface area contributed by atoms with Gasteiger partial charge in [-0.1, -0.05) is 26.0 Å². The van der Waals surface area contributed by atoms with E-state index in [0.29, 0.717) is 30.4 Å². The maximum Gasteiger partial charge on any atom is 0.222 e. The van der Waals surface area contributed by atoms with Crippen molar-refractivity contribution in [2.75, 3.05) is 26.2 Å². The summed E-state index contributed by atoms with van der Waals surface area (Å²) >= 11 is 0. The van der Waals surface area contributed by atoms with Crippen LogP contribution < -0.4 is 5.32 Å². The minimum absolute atomic E-state index is 0.105. The Bertz CT molecular complexity index is 527. The van der Waals surface area contributed by atoms with Crippen molar-refractivity contribution >= 4 is 5.91 Å². The van der Waals surface area contributed by atoms with Crippen LogP contribution in [-0.2, 0) is 4.79 Å². The number of aliphatic hydroxyl groups excluding tert-OH is 1. The zero-order chi connectivity index (χ0) is 18.2. The van der Waals surface area contributed by atoms with E-state index in [9.17, 15) is 14.3 Å². The Hall–Kier alpha value is -1.46. The monoisotopic (exact) mass is 350 g/mol. The lowest BCUT2D eigenvalue weighted by atomic mass is 9.93. The van der Waals surface area contributed by atoms with Gasteiger partial charge in [-0.25, -0.2) is 4.39 Å². The smallest absolute Gasteiger partial charge is 0.222 e. The number of hydrogen-bond acceptors (Lipinski definition) is 3. The molecule has 2 N–H and O–H groups in total. The largest absolute Gasteiger partial charge is 0.387 e. The van der Waals surface area contributed by atoms with Crippen LogP contribution >= 0.6 is 0 Å². The zero-order valence-corrected chi connectivity index (χ0v) is 15.4. The Kier molecular flexibility index (Phi) is 7.85. The summed E-state index contributed by atoms with van der Waals surface area (Å²) in [5.74, 6) is 0.734. The molecule has 1 aromatic rings. The predicted molar refractivity (Wildman–Crippen MR) is 97.6 cm³/mol. The number of carbonyl (C=O) groups is 1. The lowest BCUT2D eigenvalue weighted by Crippen LogP contribution is -2.38. The summed E-state index contributed by atoms with van der Waals surface area (Å²) in [7, 11) is 0. The van der Waals surface area contributed by atoms with Crippen molar-refractivity contribution in [3.05, 3.63) is 35.6 Å². The molecule has 1 atom stereocenters. The van der Waals surface area contributed by atoms with E-state index in [2.05, 4.69) is 19.2 Å². The first kappa shape index (κ1) is 19.9. The van der Waals surface area contributed by atoms with Gasteiger partial charge in [-0.15, -0.1) is 0 Å². The van der Waals surface area contributed by atoms with Crippen molar-refractivity contribution in [1.82, 2.24) is 10.2 Å². The molecular formula is C20H31FN2O2. The van der Waals surface area contributed by atoms with Gasteiger partial charge in [0.2, 0.25) is 5.91 Å². The minimum atomic E-state index is -0.790. The number of nitrogens with one attached hydrogen (secondary N) is 1. The Labute approximate surface area is 150 Å². The summed E-state index contributed by atoms with van der Waals surface area (Å²) < 4.78 is 13.0. The van der Waals surface area contributed by atoms with Gasteiger partial charge < -0.3 is 15.3 Å². The third kappa shape index (κ3) is 6.75. The van der Waals surface area contributed by atoms with Crippen molar-refractivity contribution < 1.29 is 14.3 Å². The molecule has 1 aromatic carbocycles. The number of benzene rings is 1. The maximum atomic E-state index is 13.0. The number of nitrogens with zero attached hydrogens (tertiary/aromatic N) is 1. The second-order valence-electron chi connectivity index (χ2n) is 7.49. The third-order valence-electron chi connectivity index (χ3n) is 4.81. The van der Waals surface area contributed by atoms with Gasteiger partial charge >= 0.3 is 0 Å². The van der Waals surface area contributed by atoms with E-state index in [1.54, 1.807) is 17.0 Å². The first-order chi connectivity index (χ1) is 12.0. The lowest BCUT2D eigenvalue weighted by molar-refractivity contribution is -0.133. The summed E-state index contributed by atoms with van der Waals surface area (Å²) in [6, 6.07) is 5.83. The van der Waals surface area contributed by atoms with Crippen molar-refractivity contribution in [3.8, 4) is 0 Å². The highest BCUT2D eigenvalue weighted by atomic mass is 19.1. The summed E-state index contributed by atoms with van der Waals surface area (Å²) in [5, 5.41) is 13.8. The van der Waals surface area contributed by atoms with E-state index >= 15 is 0 Å². The lowest BCUT2D eigenvalue weighted by Gasteiger charge is -2.28. The normalized spacial score (nSPS) is 16.8. The average Bonchev–Trinajstić information content (AvgIpc) is 2.60. The average molecular weight is 350 g/mol. The number of carbonyl (C=O) groups excluding carboxylic acids is 1. The van der Waals surface area contributed by atoms with E-state index in [-0.39, 0.29) is 18.3 Å². The summed E-state index contributed by atoms with van der Waals surface area (Å²) in [5.41, 5.74) is 0.640. The molecule has 0 radical (unpaired) electrons. The van der Waals surface area contributed by atoms with Crippen LogP contribution in [0.1, 0.15) is 51.2 Å². The molecule has 0 aliphatic carbocycles. The van der Waals surface area contributed by atoms with Crippen LogP contribution in [0.3, 0.4) is 0 Å². The molecule has 0 saturated carbocycles. The highest BCUT2D eigenvalue weighted by molar-refractivity contribution is 5.76. The van der Waals surface area contributed by atoms with Crippen molar-refractivity contribution in [3.63, 3.8) is 0 Å². The molecule has 1 aliphatic heterocycles. The third-order valence-corrected chi connectivity index (χ3v) is 4.81. The summed E-state index contributed by atoms with van der Waals surface area (Å²) in [6.45, 7) is 7.10. The second kappa shape index (κ2) is 9.88. The topological polar surface area (TPSA) is 52.6 Å². The van der Waals surface area contributed by atoms with Crippen LogP contribution in [0, 0.1) is 17.7 Å². The van der Waals surface area contributed by atoms with Gasteiger partial charge in [0.25, 0.3) is 0 Å².